The number of hydrogen-bond donors (Lipinski definition) is 2. The van der Waals surface area contributed by atoms with Crippen LogP contribution in [-0.2, 0) is 11.2 Å². The third-order valence-corrected chi connectivity index (χ3v) is 2.59. The highest BCUT2D eigenvalue weighted by atomic mass is 16.5. The minimum atomic E-state index is -1.22. The maximum absolute atomic E-state index is 11.1. The van der Waals surface area contributed by atoms with Crippen LogP contribution in [0.5, 0.6) is 5.75 Å². The van der Waals surface area contributed by atoms with Gasteiger partial charge in [-0.2, -0.15) is 0 Å². The topological polar surface area (TPSA) is 66.8 Å². The standard InChI is InChI=1S/C13H17O4/c1-9(13(16)12(15)8-14)7-10-3-5-11(17-2)6-4-10/h3-6,9,13-14,16H,1,7-8H2,2H3. The Morgan fingerprint density at radius 3 is 2.47 bits per heavy atom. The Balaban J connectivity index is 2.60. The molecule has 0 heterocycles. The van der Waals surface area contributed by atoms with E-state index in [9.17, 15) is 9.90 Å². The van der Waals surface area contributed by atoms with Crippen molar-refractivity contribution in [3.63, 3.8) is 0 Å². The molecule has 2 atom stereocenters. The van der Waals surface area contributed by atoms with Gasteiger partial charge in [0.05, 0.1) is 7.11 Å². The molecule has 0 bridgehead atoms. The summed E-state index contributed by atoms with van der Waals surface area (Å²) in [6.45, 7) is 3.07. The zero-order valence-electron chi connectivity index (χ0n) is 9.80. The van der Waals surface area contributed by atoms with Crippen LogP contribution in [-0.4, -0.2) is 35.8 Å². The first-order chi connectivity index (χ1) is 8.08. The highest BCUT2D eigenvalue weighted by molar-refractivity contribution is 5.84. The van der Waals surface area contributed by atoms with E-state index < -0.39 is 24.4 Å². The predicted octanol–water partition coefficient (Wildman–Crippen LogP) is 0.610. The van der Waals surface area contributed by atoms with E-state index in [2.05, 4.69) is 6.92 Å². The molecule has 0 fully saturated rings. The Bertz CT molecular complexity index is 358. The van der Waals surface area contributed by atoms with E-state index in [1.165, 1.54) is 0 Å². The third kappa shape index (κ3) is 3.84. The zero-order chi connectivity index (χ0) is 12.8. The van der Waals surface area contributed by atoms with Crippen LogP contribution in [0.3, 0.4) is 0 Å². The summed E-state index contributed by atoms with van der Waals surface area (Å²) in [6, 6.07) is 7.32. The average molecular weight is 237 g/mol. The Hall–Kier alpha value is -1.39. The zero-order valence-corrected chi connectivity index (χ0v) is 9.80. The number of Topliss-reactive ketones (excluding diaryl/α,β-unsaturated/α-hetero) is 1. The highest BCUT2D eigenvalue weighted by Gasteiger charge is 2.21. The fourth-order valence-corrected chi connectivity index (χ4v) is 1.53. The molecule has 1 aromatic rings. The number of methoxy groups -OCH3 is 1. The summed E-state index contributed by atoms with van der Waals surface area (Å²) < 4.78 is 5.03. The smallest absolute Gasteiger partial charge is 0.186 e. The summed E-state index contributed by atoms with van der Waals surface area (Å²) in [6.07, 6.45) is -0.751. The molecule has 4 heteroatoms. The van der Waals surface area contributed by atoms with Gasteiger partial charge in [-0.05, 0) is 37.0 Å². The first kappa shape index (κ1) is 13.7. The molecule has 0 aliphatic carbocycles. The normalized spacial score (nSPS) is 14.1. The number of hydrogen-bond acceptors (Lipinski definition) is 4. The van der Waals surface area contributed by atoms with Gasteiger partial charge >= 0.3 is 0 Å². The van der Waals surface area contributed by atoms with E-state index in [1.54, 1.807) is 7.11 Å². The quantitative estimate of drug-likeness (QED) is 0.760. The molecule has 2 N–H and O–H groups in total. The minimum absolute atomic E-state index is 0.469. The number of aliphatic hydroxyl groups is 2. The average Bonchev–Trinajstić information content (AvgIpc) is 2.37. The van der Waals surface area contributed by atoms with Crippen LogP contribution >= 0.6 is 0 Å². The molecule has 1 aromatic carbocycles. The van der Waals surface area contributed by atoms with Crippen molar-refractivity contribution in [3.05, 3.63) is 36.8 Å². The number of aliphatic hydroxyl groups excluding tert-OH is 2. The van der Waals surface area contributed by atoms with Crippen molar-refractivity contribution in [1.29, 1.82) is 0 Å². The molecule has 1 radical (unpaired) electrons. The van der Waals surface area contributed by atoms with Crippen molar-refractivity contribution in [1.82, 2.24) is 0 Å². The SMILES string of the molecule is [CH2]C(Cc1ccc(OC)cc1)C(O)C(=O)CO. The first-order valence-corrected chi connectivity index (χ1v) is 5.36. The van der Waals surface area contributed by atoms with Crippen LogP contribution in [0, 0.1) is 12.8 Å². The Labute approximate surface area is 101 Å². The molecule has 0 aliphatic heterocycles. The monoisotopic (exact) mass is 237 g/mol. The molecule has 1 rings (SSSR count). The number of rotatable bonds is 6. The Morgan fingerprint density at radius 2 is 2.00 bits per heavy atom. The van der Waals surface area contributed by atoms with Gasteiger partial charge in [-0.3, -0.25) is 4.79 Å². The maximum atomic E-state index is 11.1. The van der Waals surface area contributed by atoms with Crippen molar-refractivity contribution >= 4 is 5.78 Å². The number of benzene rings is 1. The molecule has 17 heavy (non-hydrogen) atoms. The lowest BCUT2D eigenvalue weighted by molar-refractivity contribution is -0.131. The molecule has 0 saturated carbocycles. The van der Waals surface area contributed by atoms with Gasteiger partial charge in [0.1, 0.15) is 18.5 Å². The van der Waals surface area contributed by atoms with Crippen molar-refractivity contribution in [2.45, 2.75) is 12.5 Å². The summed E-state index contributed by atoms with van der Waals surface area (Å²) >= 11 is 0. The Morgan fingerprint density at radius 1 is 1.41 bits per heavy atom. The molecule has 0 saturated heterocycles. The molecular formula is C13H17O4. The lowest BCUT2D eigenvalue weighted by Crippen LogP contribution is -2.31. The van der Waals surface area contributed by atoms with Gasteiger partial charge in [-0.15, -0.1) is 0 Å². The van der Waals surface area contributed by atoms with Crippen LogP contribution in [0.4, 0.5) is 0 Å². The van der Waals surface area contributed by atoms with E-state index >= 15 is 0 Å². The first-order valence-electron chi connectivity index (χ1n) is 5.36. The van der Waals surface area contributed by atoms with Crippen LogP contribution in [0.25, 0.3) is 0 Å². The third-order valence-electron chi connectivity index (χ3n) is 2.59. The predicted molar refractivity (Wildman–Crippen MR) is 63.6 cm³/mol. The summed E-state index contributed by atoms with van der Waals surface area (Å²) in [4.78, 5) is 11.1. The van der Waals surface area contributed by atoms with Crippen LogP contribution in [0.1, 0.15) is 5.56 Å². The van der Waals surface area contributed by atoms with Gasteiger partial charge in [0, 0.05) is 0 Å². The molecule has 0 spiro atoms. The second-order valence-corrected chi connectivity index (χ2v) is 3.88. The summed E-state index contributed by atoms with van der Waals surface area (Å²) in [5, 5.41) is 18.2. The lowest BCUT2D eigenvalue weighted by Gasteiger charge is -2.16. The maximum Gasteiger partial charge on any atom is 0.186 e. The number of ketones is 1. The van der Waals surface area contributed by atoms with E-state index in [-0.39, 0.29) is 0 Å². The molecule has 0 aromatic heterocycles. The summed E-state index contributed by atoms with van der Waals surface area (Å²) in [5.74, 6) is -0.317. The molecule has 93 valence electrons. The van der Waals surface area contributed by atoms with Gasteiger partial charge in [0.25, 0.3) is 0 Å². The fourth-order valence-electron chi connectivity index (χ4n) is 1.53. The van der Waals surface area contributed by atoms with E-state index in [1.807, 2.05) is 24.3 Å². The van der Waals surface area contributed by atoms with Gasteiger partial charge in [-0.25, -0.2) is 0 Å². The van der Waals surface area contributed by atoms with Crippen LogP contribution in [0.2, 0.25) is 0 Å². The highest BCUT2D eigenvalue weighted by Crippen LogP contribution is 2.16. The Kier molecular flexibility index (Phi) is 5.12. The van der Waals surface area contributed by atoms with E-state index in [0.29, 0.717) is 6.42 Å². The fraction of sp³-hybridized carbons (Fsp3) is 0.385. The van der Waals surface area contributed by atoms with E-state index in [0.717, 1.165) is 11.3 Å². The minimum Gasteiger partial charge on any atom is -0.497 e. The van der Waals surface area contributed by atoms with Crippen LogP contribution in [0.15, 0.2) is 24.3 Å². The largest absolute Gasteiger partial charge is 0.497 e. The van der Waals surface area contributed by atoms with Crippen molar-refractivity contribution in [3.8, 4) is 5.75 Å². The van der Waals surface area contributed by atoms with E-state index in [4.69, 9.17) is 9.84 Å². The molecule has 0 amide bonds. The second kappa shape index (κ2) is 6.37. The van der Waals surface area contributed by atoms with Gasteiger partial charge in [0.2, 0.25) is 0 Å². The van der Waals surface area contributed by atoms with Crippen molar-refractivity contribution in [2.24, 2.45) is 5.92 Å². The molecule has 0 aliphatic rings. The summed E-state index contributed by atoms with van der Waals surface area (Å²) in [7, 11) is 1.59. The van der Waals surface area contributed by atoms with Gasteiger partial charge < -0.3 is 14.9 Å². The second-order valence-electron chi connectivity index (χ2n) is 3.88. The lowest BCUT2D eigenvalue weighted by atomic mass is 9.93. The molecule has 2 unspecified atom stereocenters. The number of carbonyl (C=O) groups excluding carboxylic acids is 1. The van der Waals surface area contributed by atoms with Crippen molar-refractivity contribution < 1.29 is 19.7 Å². The van der Waals surface area contributed by atoms with Gasteiger partial charge in [0.15, 0.2) is 5.78 Å². The summed E-state index contributed by atoms with van der Waals surface area (Å²) in [5.41, 5.74) is 0.954. The molecular weight excluding hydrogens is 220 g/mol. The van der Waals surface area contributed by atoms with Crippen LogP contribution < -0.4 is 4.74 Å². The van der Waals surface area contributed by atoms with Crippen molar-refractivity contribution in [2.75, 3.05) is 13.7 Å². The number of carbonyl (C=O) groups is 1. The van der Waals surface area contributed by atoms with Gasteiger partial charge in [-0.1, -0.05) is 12.1 Å². The number of ether oxygens (including phenoxy) is 1. The molecule has 4 nitrogen and oxygen atoms in total.